The molecule has 0 aliphatic rings. The summed E-state index contributed by atoms with van der Waals surface area (Å²) in [5.74, 6) is -0.395. The number of carbonyl (C=O) groups is 1. The van der Waals surface area contributed by atoms with Gasteiger partial charge < -0.3 is 4.74 Å². The van der Waals surface area contributed by atoms with Crippen LogP contribution in [0, 0.1) is 0 Å². The Bertz CT molecular complexity index is 983. The molecular formula is C18H12N2O2S2. The molecule has 0 unspecified atom stereocenters. The van der Waals surface area contributed by atoms with Gasteiger partial charge in [0.1, 0.15) is 16.6 Å². The topological polar surface area (TPSA) is 52.1 Å². The molecule has 24 heavy (non-hydrogen) atoms. The van der Waals surface area contributed by atoms with E-state index in [1.54, 1.807) is 17.4 Å². The molecule has 2 aromatic heterocycles. The van der Waals surface area contributed by atoms with Crippen LogP contribution in [0.25, 0.3) is 26.5 Å². The molecule has 0 N–H and O–H groups in total. The zero-order chi connectivity index (χ0) is 16.4. The fraction of sp³-hybridized carbons (Fsp3) is 0.0556. The summed E-state index contributed by atoms with van der Waals surface area (Å²) in [5.41, 5.74) is 1.86. The second-order valence-corrected chi connectivity index (χ2v) is 7.21. The summed E-state index contributed by atoms with van der Waals surface area (Å²) < 4.78 is 7.44. The molecule has 0 atom stereocenters. The van der Waals surface area contributed by atoms with E-state index in [9.17, 15) is 4.79 Å². The Kier molecular flexibility index (Phi) is 4.06. The molecule has 4 nitrogen and oxygen atoms in total. The molecule has 0 amide bonds. The SMILES string of the molecule is O=C(C=Cc1nc2ccccc2s1)OCc1nc2ccccc2s1. The molecule has 6 heteroatoms. The lowest BCUT2D eigenvalue weighted by Crippen LogP contribution is -2.00. The molecule has 0 radical (unpaired) electrons. The molecule has 0 aliphatic heterocycles. The molecule has 0 spiro atoms. The predicted molar refractivity (Wildman–Crippen MR) is 98.1 cm³/mol. The minimum absolute atomic E-state index is 0.183. The maximum Gasteiger partial charge on any atom is 0.331 e. The van der Waals surface area contributed by atoms with Crippen molar-refractivity contribution in [3.63, 3.8) is 0 Å². The number of rotatable bonds is 4. The zero-order valence-corrected chi connectivity index (χ0v) is 14.1. The number of nitrogens with zero attached hydrogens (tertiary/aromatic N) is 2. The summed E-state index contributed by atoms with van der Waals surface area (Å²) in [6.07, 6.45) is 3.09. The van der Waals surface area contributed by atoms with Gasteiger partial charge >= 0.3 is 5.97 Å². The highest BCUT2D eigenvalue weighted by Gasteiger charge is 2.06. The highest BCUT2D eigenvalue weighted by molar-refractivity contribution is 7.19. The van der Waals surface area contributed by atoms with Crippen molar-refractivity contribution >= 4 is 55.2 Å². The van der Waals surface area contributed by atoms with Crippen molar-refractivity contribution in [2.24, 2.45) is 0 Å². The number of ether oxygens (including phenoxy) is 1. The number of esters is 1. The number of carbonyl (C=O) groups excluding carboxylic acids is 1. The van der Waals surface area contributed by atoms with Crippen LogP contribution < -0.4 is 0 Å². The van der Waals surface area contributed by atoms with E-state index < -0.39 is 5.97 Å². The highest BCUT2D eigenvalue weighted by Crippen LogP contribution is 2.23. The number of thiazole rings is 2. The van der Waals surface area contributed by atoms with Crippen LogP contribution in [0.4, 0.5) is 0 Å². The van der Waals surface area contributed by atoms with Crippen LogP contribution in [-0.4, -0.2) is 15.9 Å². The first kappa shape index (κ1) is 15.0. The molecule has 0 bridgehead atoms. The maximum absolute atomic E-state index is 11.9. The average molecular weight is 352 g/mol. The molecule has 4 aromatic rings. The third-order valence-electron chi connectivity index (χ3n) is 3.35. The van der Waals surface area contributed by atoms with E-state index >= 15 is 0 Å². The summed E-state index contributed by atoms with van der Waals surface area (Å²) in [4.78, 5) is 20.7. The Morgan fingerprint density at radius 3 is 2.33 bits per heavy atom. The minimum Gasteiger partial charge on any atom is -0.455 e. The van der Waals surface area contributed by atoms with Gasteiger partial charge in [-0.3, -0.25) is 0 Å². The fourth-order valence-electron chi connectivity index (χ4n) is 2.26. The molecule has 0 fully saturated rings. The second-order valence-electron chi connectivity index (χ2n) is 5.04. The van der Waals surface area contributed by atoms with Gasteiger partial charge in [-0.15, -0.1) is 22.7 Å². The molecule has 2 heterocycles. The molecule has 4 rings (SSSR count). The van der Waals surface area contributed by atoms with E-state index in [0.717, 1.165) is 30.4 Å². The monoisotopic (exact) mass is 352 g/mol. The van der Waals surface area contributed by atoms with E-state index in [2.05, 4.69) is 9.97 Å². The number of fused-ring (bicyclic) bond motifs is 2. The van der Waals surface area contributed by atoms with Gasteiger partial charge in [0, 0.05) is 6.08 Å². The van der Waals surface area contributed by atoms with Gasteiger partial charge in [-0.2, -0.15) is 0 Å². The maximum atomic E-state index is 11.9. The van der Waals surface area contributed by atoms with Gasteiger partial charge in [-0.25, -0.2) is 14.8 Å². The van der Waals surface area contributed by atoms with E-state index in [1.807, 2.05) is 48.5 Å². The van der Waals surface area contributed by atoms with Crippen LogP contribution >= 0.6 is 22.7 Å². The first-order valence-electron chi connectivity index (χ1n) is 7.33. The molecule has 0 aliphatic carbocycles. The average Bonchev–Trinajstić information content (AvgIpc) is 3.21. The van der Waals surface area contributed by atoms with E-state index in [1.165, 1.54) is 17.4 Å². The van der Waals surface area contributed by atoms with Crippen LogP contribution in [0.5, 0.6) is 0 Å². The Morgan fingerprint density at radius 2 is 1.62 bits per heavy atom. The number of hydrogen-bond acceptors (Lipinski definition) is 6. The number of aromatic nitrogens is 2. The second kappa shape index (κ2) is 6.51. The molecular weight excluding hydrogens is 340 g/mol. The summed E-state index contributed by atoms with van der Waals surface area (Å²) in [6, 6.07) is 15.7. The van der Waals surface area contributed by atoms with E-state index in [4.69, 9.17) is 4.74 Å². The Morgan fingerprint density at radius 1 is 0.958 bits per heavy atom. The largest absolute Gasteiger partial charge is 0.455 e. The van der Waals surface area contributed by atoms with Crippen molar-refractivity contribution in [2.75, 3.05) is 0 Å². The van der Waals surface area contributed by atoms with Crippen molar-refractivity contribution in [3.8, 4) is 0 Å². The Labute approximate surface area is 146 Å². The lowest BCUT2D eigenvalue weighted by atomic mass is 10.3. The summed E-state index contributed by atoms with van der Waals surface area (Å²) in [5, 5.41) is 1.58. The third kappa shape index (κ3) is 3.20. The van der Waals surface area contributed by atoms with Gasteiger partial charge in [0.05, 0.1) is 20.4 Å². The van der Waals surface area contributed by atoms with Gasteiger partial charge in [0.2, 0.25) is 0 Å². The Hall–Kier alpha value is -2.57. The summed E-state index contributed by atoms with van der Waals surface area (Å²) in [7, 11) is 0. The van der Waals surface area contributed by atoms with Crippen LogP contribution in [0.1, 0.15) is 10.0 Å². The van der Waals surface area contributed by atoms with Crippen molar-refractivity contribution in [1.82, 2.24) is 9.97 Å². The number of para-hydroxylation sites is 2. The standard InChI is InChI=1S/C18H12N2O2S2/c21-18(10-9-16-19-12-5-1-3-7-14(12)23-16)22-11-17-20-13-6-2-4-8-15(13)24-17/h1-10H,11H2. The quantitative estimate of drug-likeness (QED) is 0.396. The molecule has 0 saturated heterocycles. The van der Waals surface area contributed by atoms with Crippen LogP contribution in [0.3, 0.4) is 0 Å². The van der Waals surface area contributed by atoms with E-state index in [-0.39, 0.29) is 6.61 Å². The molecule has 118 valence electrons. The highest BCUT2D eigenvalue weighted by atomic mass is 32.1. The van der Waals surface area contributed by atoms with Crippen molar-refractivity contribution < 1.29 is 9.53 Å². The minimum atomic E-state index is -0.395. The Balaban J connectivity index is 1.40. The summed E-state index contributed by atoms with van der Waals surface area (Å²) in [6.45, 7) is 0.183. The molecule has 0 saturated carbocycles. The lowest BCUT2D eigenvalue weighted by Gasteiger charge is -1.97. The van der Waals surface area contributed by atoms with Gasteiger partial charge in [-0.1, -0.05) is 24.3 Å². The van der Waals surface area contributed by atoms with Gasteiger partial charge in [-0.05, 0) is 30.3 Å². The first-order chi connectivity index (χ1) is 11.8. The smallest absolute Gasteiger partial charge is 0.331 e. The predicted octanol–water partition coefficient (Wildman–Crippen LogP) is 4.66. The van der Waals surface area contributed by atoms with Crippen molar-refractivity contribution in [1.29, 1.82) is 0 Å². The lowest BCUT2D eigenvalue weighted by molar-refractivity contribution is -0.138. The zero-order valence-electron chi connectivity index (χ0n) is 12.5. The van der Waals surface area contributed by atoms with Crippen molar-refractivity contribution in [3.05, 3.63) is 64.6 Å². The van der Waals surface area contributed by atoms with Crippen molar-refractivity contribution in [2.45, 2.75) is 6.61 Å². The molecule has 2 aromatic carbocycles. The van der Waals surface area contributed by atoms with Crippen LogP contribution in [0.2, 0.25) is 0 Å². The van der Waals surface area contributed by atoms with Crippen LogP contribution in [0.15, 0.2) is 54.6 Å². The fourth-order valence-corrected chi connectivity index (χ4v) is 4.01. The first-order valence-corrected chi connectivity index (χ1v) is 8.96. The van der Waals surface area contributed by atoms with Gasteiger partial charge in [0.15, 0.2) is 0 Å². The van der Waals surface area contributed by atoms with Gasteiger partial charge in [0.25, 0.3) is 0 Å². The number of hydrogen-bond donors (Lipinski definition) is 0. The van der Waals surface area contributed by atoms with Crippen LogP contribution in [-0.2, 0) is 16.1 Å². The third-order valence-corrected chi connectivity index (χ3v) is 5.36. The van der Waals surface area contributed by atoms with E-state index in [0.29, 0.717) is 0 Å². The summed E-state index contributed by atoms with van der Waals surface area (Å²) >= 11 is 3.07. The normalized spacial score (nSPS) is 11.5. The number of benzene rings is 2.